The van der Waals surface area contributed by atoms with E-state index in [4.69, 9.17) is 4.74 Å². The summed E-state index contributed by atoms with van der Waals surface area (Å²) in [5, 5.41) is 9.18. The van der Waals surface area contributed by atoms with Crippen LogP contribution in [0.5, 0.6) is 5.75 Å². The zero-order valence-corrected chi connectivity index (χ0v) is 11.4. The van der Waals surface area contributed by atoms with E-state index >= 15 is 0 Å². The van der Waals surface area contributed by atoms with Crippen LogP contribution in [0.3, 0.4) is 0 Å². The van der Waals surface area contributed by atoms with Crippen LogP contribution >= 0.6 is 31.9 Å². The molecular weight excluding hydrogens is 322 g/mol. The molecule has 0 amide bonds. The van der Waals surface area contributed by atoms with Gasteiger partial charge in [-0.05, 0) is 40.9 Å². The second-order valence-electron chi connectivity index (χ2n) is 3.66. The van der Waals surface area contributed by atoms with E-state index in [9.17, 15) is 5.26 Å². The van der Waals surface area contributed by atoms with Gasteiger partial charge in [0.25, 0.3) is 0 Å². The molecule has 1 saturated carbocycles. The lowest BCUT2D eigenvalue weighted by molar-refractivity contribution is 0.404. The summed E-state index contributed by atoms with van der Waals surface area (Å²) in [6.07, 6.45) is 1.84. The lowest BCUT2D eigenvalue weighted by atomic mass is 9.97. The van der Waals surface area contributed by atoms with Gasteiger partial charge in [0, 0.05) is 10.0 Å². The van der Waals surface area contributed by atoms with Crippen molar-refractivity contribution in [1.29, 1.82) is 5.26 Å². The molecule has 78 valence electrons. The molecule has 1 aliphatic rings. The fraction of sp³-hybridized carbons (Fsp3) is 0.364. The van der Waals surface area contributed by atoms with Gasteiger partial charge >= 0.3 is 0 Å². The molecule has 0 atom stereocenters. The molecule has 2 rings (SSSR count). The van der Waals surface area contributed by atoms with Gasteiger partial charge in [-0.1, -0.05) is 15.9 Å². The van der Waals surface area contributed by atoms with Crippen LogP contribution in [-0.2, 0) is 5.41 Å². The maximum atomic E-state index is 9.18. The van der Waals surface area contributed by atoms with E-state index in [1.807, 2.05) is 12.1 Å². The van der Waals surface area contributed by atoms with Gasteiger partial charge in [0.05, 0.1) is 23.1 Å². The van der Waals surface area contributed by atoms with E-state index in [0.717, 1.165) is 33.1 Å². The van der Waals surface area contributed by atoms with Crippen molar-refractivity contribution < 1.29 is 4.74 Å². The van der Waals surface area contributed by atoms with Crippen LogP contribution in [0.4, 0.5) is 0 Å². The topological polar surface area (TPSA) is 33.0 Å². The fourth-order valence-corrected chi connectivity index (χ4v) is 3.08. The van der Waals surface area contributed by atoms with Gasteiger partial charge < -0.3 is 4.74 Å². The Kier molecular flexibility index (Phi) is 2.78. The van der Waals surface area contributed by atoms with Crippen molar-refractivity contribution >= 4 is 31.9 Å². The van der Waals surface area contributed by atoms with E-state index in [2.05, 4.69) is 37.9 Å². The third kappa shape index (κ3) is 1.79. The first kappa shape index (κ1) is 11.0. The Morgan fingerprint density at radius 2 is 2.07 bits per heavy atom. The van der Waals surface area contributed by atoms with Crippen molar-refractivity contribution in [2.45, 2.75) is 18.3 Å². The van der Waals surface area contributed by atoms with Crippen molar-refractivity contribution in [3.8, 4) is 11.8 Å². The minimum Gasteiger partial charge on any atom is -0.495 e. The van der Waals surface area contributed by atoms with Crippen LogP contribution in [-0.4, -0.2) is 7.11 Å². The smallest absolute Gasteiger partial charge is 0.137 e. The molecule has 0 radical (unpaired) electrons. The second-order valence-corrected chi connectivity index (χ2v) is 5.43. The lowest BCUT2D eigenvalue weighted by Gasteiger charge is -2.14. The number of hydrogen-bond acceptors (Lipinski definition) is 2. The fourth-order valence-electron chi connectivity index (χ4n) is 1.69. The molecule has 4 heteroatoms. The van der Waals surface area contributed by atoms with Gasteiger partial charge in [0.15, 0.2) is 0 Å². The molecule has 15 heavy (non-hydrogen) atoms. The maximum Gasteiger partial charge on any atom is 0.137 e. The van der Waals surface area contributed by atoms with Gasteiger partial charge in [-0.25, -0.2) is 0 Å². The molecule has 2 nitrogen and oxygen atoms in total. The summed E-state index contributed by atoms with van der Waals surface area (Å²) in [6, 6.07) is 6.27. The van der Waals surface area contributed by atoms with Gasteiger partial charge in [0.1, 0.15) is 5.75 Å². The summed E-state index contributed by atoms with van der Waals surface area (Å²) in [6.45, 7) is 0. The van der Waals surface area contributed by atoms with Crippen LogP contribution in [0.1, 0.15) is 18.4 Å². The number of benzene rings is 1. The average Bonchev–Trinajstić information content (AvgIpc) is 2.97. The van der Waals surface area contributed by atoms with E-state index in [1.54, 1.807) is 7.11 Å². The van der Waals surface area contributed by atoms with Crippen LogP contribution in [0.2, 0.25) is 0 Å². The Morgan fingerprint density at radius 1 is 1.40 bits per heavy atom. The first-order chi connectivity index (χ1) is 7.13. The maximum absolute atomic E-state index is 9.18. The molecule has 0 aliphatic heterocycles. The standard InChI is InChI=1S/C11H9Br2NO/c1-15-10-8(11(6-14)2-3-11)4-7(12)5-9(10)13/h4-5H,2-3H2,1H3. The van der Waals surface area contributed by atoms with Gasteiger partial charge in [-0.15, -0.1) is 0 Å². The Labute approximate surface area is 105 Å². The zero-order chi connectivity index (χ0) is 11.1. The molecule has 1 aromatic carbocycles. The lowest BCUT2D eigenvalue weighted by Crippen LogP contribution is -2.05. The molecule has 1 fully saturated rings. The van der Waals surface area contributed by atoms with Crippen LogP contribution in [0.25, 0.3) is 0 Å². The highest BCUT2D eigenvalue weighted by atomic mass is 79.9. The Balaban J connectivity index is 2.60. The van der Waals surface area contributed by atoms with E-state index in [1.165, 1.54) is 0 Å². The molecule has 0 bridgehead atoms. The molecule has 0 aromatic heterocycles. The van der Waals surface area contributed by atoms with Gasteiger partial charge in [-0.3, -0.25) is 0 Å². The highest BCUT2D eigenvalue weighted by Crippen LogP contribution is 2.52. The summed E-state index contributed by atoms with van der Waals surface area (Å²) in [5.74, 6) is 0.775. The zero-order valence-electron chi connectivity index (χ0n) is 8.18. The van der Waals surface area contributed by atoms with Crippen molar-refractivity contribution in [3.63, 3.8) is 0 Å². The largest absolute Gasteiger partial charge is 0.495 e. The van der Waals surface area contributed by atoms with Crippen LogP contribution in [0, 0.1) is 11.3 Å². The van der Waals surface area contributed by atoms with Gasteiger partial charge in [0.2, 0.25) is 0 Å². The molecule has 0 spiro atoms. The SMILES string of the molecule is COc1c(Br)cc(Br)cc1C1(C#N)CC1. The highest BCUT2D eigenvalue weighted by Gasteiger charge is 2.47. The summed E-state index contributed by atoms with van der Waals surface area (Å²) >= 11 is 6.87. The molecule has 0 unspecified atom stereocenters. The molecule has 1 aromatic rings. The quantitative estimate of drug-likeness (QED) is 0.826. The number of nitriles is 1. The Morgan fingerprint density at radius 3 is 2.53 bits per heavy atom. The average molecular weight is 331 g/mol. The minimum atomic E-state index is -0.322. The molecular formula is C11H9Br2NO. The van der Waals surface area contributed by atoms with Crippen molar-refractivity contribution in [2.24, 2.45) is 0 Å². The monoisotopic (exact) mass is 329 g/mol. The number of ether oxygens (including phenoxy) is 1. The summed E-state index contributed by atoms with van der Waals surface area (Å²) in [7, 11) is 1.63. The first-order valence-corrected chi connectivity index (χ1v) is 6.16. The molecule has 1 aliphatic carbocycles. The van der Waals surface area contributed by atoms with Gasteiger partial charge in [-0.2, -0.15) is 5.26 Å². The normalized spacial score (nSPS) is 16.9. The Hall–Kier alpha value is -0.530. The van der Waals surface area contributed by atoms with Crippen molar-refractivity contribution in [1.82, 2.24) is 0 Å². The van der Waals surface area contributed by atoms with Crippen LogP contribution in [0.15, 0.2) is 21.1 Å². The third-order valence-corrected chi connectivity index (χ3v) is 3.74. The summed E-state index contributed by atoms with van der Waals surface area (Å²) in [5.41, 5.74) is 0.659. The number of halogens is 2. The summed E-state index contributed by atoms with van der Waals surface area (Å²) < 4.78 is 7.19. The third-order valence-electron chi connectivity index (χ3n) is 2.69. The highest BCUT2D eigenvalue weighted by molar-refractivity contribution is 9.11. The number of nitrogens with zero attached hydrogens (tertiary/aromatic N) is 1. The molecule has 0 heterocycles. The number of hydrogen-bond donors (Lipinski definition) is 0. The van der Waals surface area contributed by atoms with E-state index in [-0.39, 0.29) is 5.41 Å². The number of rotatable bonds is 2. The second kappa shape index (κ2) is 3.80. The number of methoxy groups -OCH3 is 1. The van der Waals surface area contributed by atoms with Crippen molar-refractivity contribution in [3.05, 3.63) is 26.6 Å². The predicted octanol–water partition coefficient (Wildman–Crippen LogP) is 3.78. The van der Waals surface area contributed by atoms with Crippen LogP contribution < -0.4 is 4.74 Å². The first-order valence-electron chi connectivity index (χ1n) is 4.58. The van der Waals surface area contributed by atoms with E-state index < -0.39 is 0 Å². The Bertz CT molecular complexity index is 447. The van der Waals surface area contributed by atoms with E-state index in [0.29, 0.717) is 0 Å². The molecule has 0 saturated heterocycles. The molecule has 0 N–H and O–H groups in total. The minimum absolute atomic E-state index is 0.322. The predicted molar refractivity (Wildman–Crippen MR) is 64.9 cm³/mol. The van der Waals surface area contributed by atoms with Crippen molar-refractivity contribution in [2.75, 3.05) is 7.11 Å². The summed E-state index contributed by atoms with van der Waals surface area (Å²) in [4.78, 5) is 0.